The molecule has 0 spiro atoms. The number of hydrogen-bond donors (Lipinski definition) is 0. The minimum atomic E-state index is -0.250. The van der Waals surface area contributed by atoms with Gasteiger partial charge in [0.1, 0.15) is 5.82 Å². The third-order valence-electron chi connectivity index (χ3n) is 12.3. The zero-order valence-corrected chi connectivity index (χ0v) is 32.1. The number of anilines is 3. The van der Waals surface area contributed by atoms with Crippen molar-refractivity contribution in [2.75, 3.05) is 4.90 Å². The van der Waals surface area contributed by atoms with Gasteiger partial charge in [-0.1, -0.05) is 161 Å². The number of fused-ring (bicyclic) bond motifs is 6. The first-order chi connectivity index (χ1) is 27.2. The number of allylic oxidation sites excluding steroid dienone is 2. The molecule has 10 rings (SSSR count). The fourth-order valence-corrected chi connectivity index (χ4v) is 9.59. The van der Waals surface area contributed by atoms with Crippen molar-refractivity contribution in [2.45, 2.75) is 38.5 Å². The quantitative estimate of drug-likeness (QED) is 0.154. The van der Waals surface area contributed by atoms with Crippen molar-refractivity contribution in [1.82, 2.24) is 0 Å². The first-order valence-corrected chi connectivity index (χ1v) is 19.5. The Hall–Kier alpha value is -6.51. The third-order valence-corrected chi connectivity index (χ3v) is 12.3. The van der Waals surface area contributed by atoms with Crippen LogP contribution in [0.5, 0.6) is 0 Å². The van der Waals surface area contributed by atoms with Gasteiger partial charge in [-0.05, 0) is 120 Å². The first kappa shape index (κ1) is 34.0. The van der Waals surface area contributed by atoms with Gasteiger partial charge in [-0.3, -0.25) is 0 Å². The summed E-state index contributed by atoms with van der Waals surface area (Å²) in [6.07, 6.45) is 4.42. The molecule has 0 aliphatic heterocycles. The summed E-state index contributed by atoms with van der Waals surface area (Å²) in [5, 5.41) is 4.77. The summed E-state index contributed by atoms with van der Waals surface area (Å²) in [4.78, 5) is 2.20. The molecule has 0 amide bonds. The average Bonchev–Trinajstić information content (AvgIpc) is 3.62. The molecule has 0 aromatic heterocycles. The molecule has 1 nitrogen and oxygen atoms in total. The highest BCUT2D eigenvalue weighted by molar-refractivity contribution is 6.10. The fourth-order valence-electron chi connectivity index (χ4n) is 9.59. The SMILES string of the molecule is CC1(C)C2=C(c3ccccc31)C(C)(C)c1cc(-c3ccc(C=Cc4ccc(N(c5ccc(F)cc5)c5cccc6ccccc56)cc4)c4ccccc34)ccc12. The maximum absolute atomic E-state index is 14.0. The van der Waals surface area contributed by atoms with Gasteiger partial charge in [-0.15, -0.1) is 0 Å². The highest BCUT2D eigenvalue weighted by atomic mass is 19.1. The largest absolute Gasteiger partial charge is 0.310 e. The van der Waals surface area contributed by atoms with Crippen molar-refractivity contribution >= 4 is 61.9 Å². The van der Waals surface area contributed by atoms with Gasteiger partial charge in [0.25, 0.3) is 0 Å². The van der Waals surface area contributed by atoms with Crippen LogP contribution in [0.25, 0.3) is 56.0 Å². The van der Waals surface area contributed by atoms with Crippen molar-refractivity contribution in [3.05, 3.63) is 209 Å². The Labute approximate surface area is 328 Å². The summed E-state index contributed by atoms with van der Waals surface area (Å²) in [7, 11) is 0. The number of nitrogens with zero attached hydrogens (tertiary/aromatic N) is 1. The Morgan fingerprint density at radius 2 is 1.05 bits per heavy atom. The van der Waals surface area contributed by atoms with Crippen molar-refractivity contribution in [3.63, 3.8) is 0 Å². The maximum Gasteiger partial charge on any atom is 0.123 e. The summed E-state index contributed by atoms with van der Waals surface area (Å²) >= 11 is 0. The minimum Gasteiger partial charge on any atom is -0.310 e. The standard InChI is InChI=1S/C54H42FN/c1-53(2)48-18-10-9-17-46(48)51-52(53)47-33-25-38(34-49(47)54(51,3)4)43-32-24-37(42-14-7-8-16-45(42)43)23-20-35-21-28-40(29-22-35)56(41-30-26-39(55)27-31-41)50-19-11-13-36-12-5-6-15-44(36)50/h5-34H,1-4H3. The van der Waals surface area contributed by atoms with E-state index in [1.807, 2.05) is 12.1 Å². The highest BCUT2D eigenvalue weighted by Crippen LogP contribution is 2.62. The molecule has 0 fully saturated rings. The van der Waals surface area contributed by atoms with Crippen LogP contribution in [-0.2, 0) is 10.8 Å². The van der Waals surface area contributed by atoms with Gasteiger partial charge in [0.2, 0.25) is 0 Å². The van der Waals surface area contributed by atoms with Crippen molar-refractivity contribution < 1.29 is 4.39 Å². The molecule has 0 heterocycles. The average molecular weight is 724 g/mol. The fraction of sp³-hybridized carbons (Fsp3) is 0.111. The van der Waals surface area contributed by atoms with E-state index in [4.69, 9.17) is 0 Å². The predicted molar refractivity (Wildman–Crippen MR) is 236 cm³/mol. The Morgan fingerprint density at radius 3 is 1.82 bits per heavy atom. The number of halogens is 1. The van der Waals surface area contributed by atoms with Gasteiger partial charge in [0.05, 0.1) is 5.69 Å². The molecule has 0 N–H and O–H groups in total. The van der Waals surface area contributed by atoms with Gasteiger partial charge >= 0.3 is 0 Å². The Balaban J connectivity index is 0.979. The molecular weight excluding hydrogens is 682 g/mol. The monoisotopic (exact) mass is 723 g/mol. The van der Waals surface area contributed by atoms with Gasteiger partial charge < -0.3 is 4.90 Å². The summed E-state index contributed by atoms with van der Waals surface area (Å²) in [6.45, 7) is 9.57. The maximum atomic E-state index is 14.0. The second-order valence-electron chi connectivity index (χ2n) is 16.3. The van der Waals surface area contributed by atoms with Crippen molar-refractivity contribution in [1.29, 1.82) is 0 Å². The molecule has 0 saturated carbocycles. The highest BCUT2D eigenvalue weighted by Gasteiger charge is 2.49. The normalized spacial score (nSPS) is 15.0. The van der Waals surface area contributed by atoms with Crippen LogP contribution in [0.1, 0.15) is 61.1 Å². The van der Waals surface area contributed by atoms with Crippen LogP contribution in [0.2, 0.25) is 0 Å². The smallest absolute Gasteiger partial charge is 0.123 e. The first-order valence-electron chi connectivity index (χ1n) is 19.5. The molecule has 0 bridgehead atoms. The van der Waals surface area contributed by atoms with Crippen LogP contribution in [-0.4, -0.2) is 0 Å². The number of hydrogen-bond acceptors (Lipinski definition) is 1. The van der Waals surface area contributed by atoms with Crippen LogP contribution in [0, 0.1) is 5.82 Å². The number of benzene rings is 8. The lowest BCUT2D eigenvalue weighted by atomic mass is 9.75. The lowest BCUT2D eigenvalue weighted by Gasteiger charge is -2.28. The van der Waals surface area contributed by atoms with E-state index in [1.165, 1.54) is 73.0 Å². The second kappa shape index (κ2) is 12.8. The molecular formula is C54H42FN. The number of rotatable bonds is 6. The second-order valence-corrected chi connectivity index (χ2v) is 16.3. The van der Waals surface area contributed by atoms with E-state index in [2.05, 4.69) is 190 Å². The van der Waals surface area contributed by atoms with E-state index in [1.54, 1.807) is 0 Å². The molecule has 8 aromatic carbocycles. The molecule has 8 aromatic rings. The van der Waals surface area contributed by atoms with Crippen LogP contribution >= 0.6 is 0 Å². The lowest BCUT2D eigenvalue weighted by Crippen LogP contribution is -2.19. The third kappa shape index (κ3) is 5.28. The molecule has 2 aliphatic carbocycles. The van der Waals surface area contributed by atoms with Gasteiger partial charge in [0, 0.05) is 27.6 Å². The molecule has 0 saturated heterocycles. The minimum absolute atomic E-state index is 0.0320. The van der Waals surface area contributed by atoms with Crippen LogP contribution < -0.4 is 4.90 Å². The molecule has 56 heavy (non-hydrogen) atoms. The topological polar surface area (TPSA) is 3.24 Å². The Morgan fingerprint density at radius 1 is 0.464 bits per heavy atom. The Bertz CT molecular complexity index is 2900. The van der Waals surface area contributed by atoms with E-state index < -0.39 is 0 Å². The summed E-state index contributed by atoms with van der Waals surface area (Å²) in [5.74, 6) is -0.250. The zero-order valence-electron chi connectivity index (χ0n) is 32.1. The van der Waals surface area contributed by atoms with Crippen LogP contribution in [0.3, 0.4) is 0 Å². The summed E-state index contributed by atoms with van der Waals surface area (Å²) in [6, 6.07) is 59.5. The van der Waals surface area contributed by atoms with Gasteiger partial charge in [-0.2, -0.15) is 0 Å². The molecule has 0 unspecified atom stereocenters. The van der Waals surface area contributed by atoms with E-state index in [-0.39, 0.29) is 16.6 Å². The summed E-state index contributed by atoms with van der Waals surface area (Å²) in [5.41, 5.74) is 16.2. The van der Waals surface area contributed by atoms with Crippen LogP contribution in [0.15, 0.2) is 170 Å². The Kier molecular flexibility index (Phi) is 7.76. The molecule has 2 aliphatic rings. The summed E-state index contributed by atoms with van der Waals surface area (Å²) < 4.78 is 14.0. The van der Waals surface area contributed by atoms with E-state index >= 15 is 0 Å². The zero-order chi connectivity index (χ0) is 38.2. The lowest BCUT2D eigenvalue weighted by molar-refractivity contribution is 0.628. The van der Waals surface area contributed by atoms with E-state index in [9.17, 15) is 4.39 Å². The molecule has 2 heteroatoms. The van der Waals surface area contributed by atoms with Crippen molar-refractivity contribution in [2.24, 2.45) is 0 Å². The molecule has 270 valence electrons. The predicted octanol–water partition coefficient (Wildman–Crippen LogP) is 14.9. The molecule has 0 atom stereocenters. The van der Waals surface area contributed by atoms with E-state index in [0.717, 1.165) is 33.4 Å². The van der Waals surface area contributed by atoms with Crippen molar-refractivity contribution in [3.8, 4) is 11.1 Å². The van der Waals surface area contributed by atoms with E-state index in [0.29, 0.717) is 0 Å². The van der Waals surface area contributed by atoms with Gasteiger partial charge in [-0.25, -0.2) is 4.39 Å². The van der Waals surface area contributed by atoms with Gasteiger partial charge in [0.15, 0.2) is 0 Å². The van der Waals surface area contributed by atoms with Crippen LogP contribution in [0.4, 0.5) is 21.5 Å². The molecule has 0 radical (unpaired) electrons.